The van der Waals surface area contributed by atoms with E-state index in [2.05, 4.69) is 72.4 Å². The molecule has 21 heavy (non-hydrogen) atoms. The van der Waals surface area contributed by atoms with Gasteiger partial charge in [-0.25, -0.2) is 0 Å². The maximum Gasteiger partial charge on any atom is 0.0843 e. The van der Waals surface area contributed by atoms with Gasteiger partial charge in [-0.05, 0) is 69.3 Å². The topological polar surface area (TPSA) is 15.3 Å². The molecule has 0 aliphatic carbocycles. The van der Waals surface area contributed by atoms with Crippen molar-refractivity contribution in [2.45, 2.75) is 25.8 Å². The third-order valence-corrected chi connectivity index (χ3v) is 7.01. The SMILES string of the molecule is Brc1cc(CNc2ccccc2N2CCCCC2)sc1Br. The van der Waals surface area contributed by atoms with Gasteiger partial charge in [-0.2, -0.15) is 0 Å². The third-order valence-electron chi connectivity index (χ3n) is 3.75. The maximum atomic E-state index is 3.59. The van der Waals surface area contributed by atoms with Crippen LogP contribution in [-0.4, -0.2) is 13.1 Å². The number of hydrogen-bond acceptors (Lipinski definition) is 3. The summed E-state index contributed by atoms with van der Waals surface area (Å²) in [5.74, 6) is 0. The normalized spacial score (nSPS) is 15.2. The Hall–Kier alpha value is -0.520. The van der Waals surface area contributed by atoms with Crippen LogP contribution in [0.2, 0.25) is 0 Å². The number of halogens is 2. The van der Waals surface area contributed by atoms with E-state index in [0.717, 1.165) is 14.8 Å². The second kappa shape index (κ2) is 7.16. The molecule has 0 radical (unpaired) electrons. The summed E-state index contributed by atoms with van der Waals surface area (Å²) in [6, 6.07) is 10.8. The van der Waals surface area contributed by atoms with E-state index in [4.69, 9.17) is 0 Å². The molecule has 0 unspecified atom stereocenters. The van der Waals surface area contributed by atoms with Crippen LogP contribution in [0.5, 0.6) is 0 Å². The molecule has 2 aromatic rings. The van der Waals surface area contributed by atoms with E-state index < -0.39 is 0 Å². The van der Waals surface area contributed by atoms with E-state index in [-0.39, 0.29) is 0 Å². The van der Waals surface area contributed by atoms with Crippen LogP contribution in [0.25, 0.3) is 0 Å². The Morgan fingerprint density at radius 3 is 2.57 bits per heavy atom. The first kappa shape index (κ1) is 15.4. The smallest absolute Gasteiger partial charge is 0.0843 e. The fourth-order valence-corrected chi connectivity index (χ4v) is 4.81. The first-order chi connectivity index (χ1) is 10.2. The van der Waals surface area contributed by atoms with E-state index in [9.17, 15) is 0 Å². The molecule has 5 heteroatoms. The lowest BCUT2D eigenvalue weighted by Gasteiger charge is -2.30. The Morgan fingerprint density at radius 2 is 1.86 bits per heavy atom. The van der Waals surface area contributed by atoms with Crippen molar-refractivity contribution >= 4 is 54.6 Å². The number of nitrogens with zero attached hydrogens (tertiary/aromatic N) is 1. The number of hydrogen-bond donors (Lipinski definition) is 1. The standard InChI is InChI=1S/C16H18Br2N2S/c17-13-10-12(21-16(13)18)11-19-14-6-2-3-7-15(14)20-8-4-1-5-9-20/h2-3,6-7,10,19H,1,4-5,8-9,11H2. The summed E-state index contributed by atoms with van der Waals surface area (Å²) in [4.78, 5) is 3.83. The molecule has 0 saturated carbocycles. The molecule has 3 rings (SSSR count). The van der Waals surface area contributed by atoms with E-state index in [1.54, 1.807) is 11.3 Å². The minimum Gasteiger partial charge on any atom is -0.378 e. The average Bonchev–Trinajstić information content (AvgIpc) is 2.85. The molecule has 1 aliphatic rings. The van der Waals surface area contributed by atoms with Crippen molar-refractivity contribution in [3.63, 3.8) is 0 Å². The van der Waals surface area contributed by atoms with Gasteiger partial charge in [-0.15, -0.1) is 11.3 Å². The highest BCUT2D eigenvalue weighted by Gasteiger charge is 2.14. The van der Waals surface area contributed by atoms with Crippen LogP contribution in [0.1, 0.15) is 24.1 Å². The van der Waals surface area contributed by atoms with Gasteiger partial charge in [0.2, 0.25) is 0 Å². The maximum absolute atomic E-state index is 3.59. The summed E-state index contributed by atoms with van der Waals surface area (Å²) in [5, 5.41) is 3.59. The number of thiophene rings is 1. The summed E-state index contributed by atoms with van der Waals surface area (Å²) < 4.78 is 2.29. The zero-order valence-corrected chi connectivity index (χ0v) is 15.7. The number of nitrogens with one attached hydrogen (secondary N) is 1. The van der Waals surface area contributed by atoms with Crippen LogP contribution in [0.15, 0.2) is 38.6 Å². The second-order valence-electron chi connectivity index (χ2n) is 5.25. The summed E-state index contributed by atoms with van der Waals surface area (Å²) in [6.07, 6.45) is 3.97. The first-order valence-electron chi connectivity index (χ1n) is 7.25. The van der Waals surface area contributed by atoms with Crippen molar-refractivity contribution in [2.75, 3.05) is 23.3 Å². The van der Waals surface area contributed by atoms with Crippen LogP contribution in [0.3, 0.4) is 0 Å². The molecule has 0 amide bonds. The van der Waals surface area contributed by atoms with Crippen molar-refractivity contribution in [3.8, 4) is 0 Å². The molecule has 1 aromatic heterocycles. The van der Waals surface area contributed by atoms with Gasteiger partial charge in [-0.1, -0.05) is 12.1 Å². The van der Waals surface area contributed by atoms with E-state index >= 15 is 0 Å². The zero-order chi connectivity index (χ0) is 14.7. The molecular weight excluding hydrogens is 412 g/mol. The average molecular weight is 430 g/mol. The predicted molar refractivity (Wildman–Crippen MR) is 99.6 cm³/mol. The van der Waals surface area contributed by atoms with Gasteiger partial charge >= 0.3 is 0 Å². The lowest BCUT2D eigenvalue weighted by molar-refractivity contribution is 0.578. The van der Waals surface area contributed by atoms with Crippen LogP contribution < -0.4 is 10.2 Å². The third kappa shape index (κ3) is 3.82. The number of para-hydroxylation sites is 2. The van der Waals surface area contributed by atoms with Crippen molar-refractivity contribution in [1.29, 1.82) is 0 Å². The molecule has 0 bridgehead atoms. The molecule has 1 aromatic carbocycles. The molecule has 0 spiro atoms. The quantitative estimate of drug-likeness (QED) is 0.653. The molecular formula is C16H18Br2N2S. The van der Waals surface area contributed by atoms with Crippen molar-refractivity contribution in [1.82, 2.24) is 0 Å². The minimum absolute atomic E-state index is 0.861. The molecule has 2 nitrogen and oxygen atoms in total. The molecule has 2 heterocycles. The van der Waals surface area contributed by atoms with Gasteiger partial charge in [-0.3, -0.25) is 0 Å². The Labute approximate surface area is 146 Å². The Bertz CT molecular complexity index is 587. The van der Waals surface area contributed by atoms with Crippen LogP contribution >= 0.6 is 43.2 Å². The number of benzene rings is 1. The second-order valence-corrected chi connectivity index (χ2v) is 8.56. The molecule has 0 atom stereocenters. The lowest BCUT2D eigenvalue weighted by atomic mass is 10.1. The largest absolute Gasteiger partial charge is 0.378 e. The Balaban J connectivity index is 1.72. The fourth-order valence-electron chi connectivity index (χ4n) is 2.69. The first-order valence-corrected chi connectivity index (χ1v) is 9.66. The Morgan fingerprint density at radius 1 is 1.10 bits per heavy atom. The van der Waals surface area contributed by atoms with Gasteiger partial charge in [0.1, 0.15) is 0 Å². The van der Waals surface area contributed by atoms with Gasteiger partial charge in [0, 0.05) is 29.0 Å². The van der Waals surface area contributed by atoms with Crippen molar-refractivity contribution in [3.05, 3.63) is 43.5 Å². The molecule has 1 aliphatic heterocycles. The number of anilines is 2. The highest BCUT2D eigenvalue weighted by molar-refractivity contribution is 9.13. The molecule has 112 valence electrons. The Kier molecular flexibility index (Phi) is 5.24. The number of piperidine rings is 1. The minimum atomic E-state index is 0.861. The van der Waals surface area contributed by atoms with Gasteiger partial charge in [0.15, 0.2) is 0 Å². The van der Waals surface area contributed by atoms with Gasteiger partial charge < -0.3 is 10.2 Å². The van der Waals surface area contributed by atoms with Gasteiger partial charge in [0.05, 0.1) is 15.2 Å². The van der Waals surface area contributed by atoms with Crippen molar-refractivity contribution in [2.24, 2.45) is 0 Å². The van der Waals surface area contributed by atoms with Crippen molar-refractivity contribution < 1.29 is 0 Å². The number of rotatable bonds is 4. The summed E-state index contributed by atoms with van der Waals surface area (Å²) in [6.45, 7) is 3.21. The summed E-state index contributed by atoms with van der Waals surface area (Å²) in [7, 11) is 0. The monoisotopic (exact) mass is 428 g/mol. The van der Waals surface area contributed by atoms with E-state index in [1.807, 2.05) is 0 Å². The molecule has 1 N–H and O–H groups in total. The lowest BCUT2D eigenvalue weighted by Crippen LogP contribution is -2.30. The fraction of sp³-hybridized carbons (Fsp3) is 0.375. The van der Waals surface area contributed by atoms with Gasteiger partial charge in [0.25, 0.3) is 0 Å². The summed E-state index contributed by atoms with van der Waals surface area (Å²) in [5.41, 5.74) is 2.58. The zero-order valence-electron chi connectivity index (χ0n) is 11.7. The summed E-state index contributed by atoms with van der Waals surface area (Å²) >= 11 is 8.87. The molecule has 1 fully saturated rings. The van der Waals surface area contributed by atoms with Crippen LogP contribution in [-0.2, 0) is 6.54 Å². The highest BCUT2D eigenvalue weighted by atomic mass is 79.9. The van der Waals surface area contributed by atoms with Crippen LogP contribution in [0.4, 0.5) is 11.4 Å². The molecule has 1 saturated heterocycles. The highest BCUT2D eigenvalue weighted by Crippen LogP contribution is 2.34. The predicted octanol–water partition coefficient (Wildman–Crippen LogP) is 5.88. The van der Waals surface area contributed by atoms with E-state index in [1.165, 1.54) is 48.6 Å². The van der Waals surface area contributed by atoms with Crippen LogP contribution in [0, 0.1) is 0 Å². The van der Waals surface area contributed by atoms with E-state index in [0.29, 0.717) is 0 Å².